The molecule has 7 heteroatoms. The Bertz CT molecular complexity index is 907. The van der Waals surface area contributed by atoms with Crippen LogP contribution in [-0.4, -0.2) is 23.8 Å². The van der Waals surface area contributed by atoms with E-state index in [4.69, 9.17) is 16.3 Å². The lowest BCUT2D eigenvalue weighted by Crippen LogP contribution is -2.21. The van der Waals surface area contributed by atoms with Gasteiger partial charge in [-0.25, -0.2) is 0 Å². The van der Waals surface area contributed by atoms with Crippen LogP contribution in [0.1, 0.15) is 12.5 Å². The van der Waals surface area contributed by atoms with Crippen LogP contribution in [0.25, 0.3) is 6.08 Å². The quantitative estimate of drug-likeness (QED) is 0.534. The van der Waals surface area contributed by atoms with Crippen LogP contribution >= 0.6 is 34.2 Å². The number of phenols is 1. The number of phenolic OH excluding ortho intramolecular Hbond substituents is 1. The first-order valence-corrected chi connectivity index (χ1v) is 8.80. The number of nitrogens with zero attached hydrogens (tertiary/aromatic N) is 2. The van der Waals surface area contributed by atoms with Crippen LogP contribution in [0.5, 0.6) is 11.5 Å². The van der Waals surface area contributed by atoms with Gasteiger partial charge in [-0.2, -0.15) is 10.1 Å². The van der Waals surface area contributed by atoms with Crippen LogP contribution in [0.15, 0.2) is 47.1 Å². The van der Waals surface area contributed by atoms with E-state index < -0.39 is 0 Å². The summed E-state index contributed by atoms with van der Waals surface area (Å²) < 4.78 is 6.18. The van der Waals surface area contributed by atoms with Crippen molar-refractivity contribution in [3.8, 4) is 11.5 Å². The number of hydrogen-bond acceptors (Lipinski definition) is 4. The van der Waals surface area contributed by atoms with Gasteiger partial charge in [0.15, 0.2) is 11.5 Å². The number of benzene rings is 2. The molecule has 128 valence electrons. The molecule has 25 heavy (non-hydrogen) atoms. The molecule has 2 aromatic rings. The van der Waals surface area contributed by atoms with Crippen molar-refractivity contribution < 1.29 is 14.6 Å². The molecule has 1 aliphatic heterocycles. The molecule has 5 nitrogen and oxygen atoms in total. The van der Waals surface area contributed by atoms with E-state index >= 15 is 0 Å². The molecule has 2 aromatic carbocycles. The van der Waals surface area contributed by atoms with E-state index in [2.05, 4.69) is 27.7 Å². The van der Waals surface area contributed by atoms with Gasteiger partial charge in [0.05, 0.1) is 29.1 Å². The molecule has 3 rings (SSSR count). The fraction of sp³-hybridized carbons (Fsp3) is 0.111. The molecule has 1 aliphatic rings. The zero-order valence-corrected chi connectivity index (χ0v) is 16.4. The summed E-state index contributed by atoms with van der Waals surface area (Å²) >= 11 is 8.21. The maximum Gasteiger partial charge on any atom is 0.280 e. The number of halogens is 2. The average molecular weight is 469 g/mol. The van der Waals surface area contributed by atoms with Crippen LogP contribution in [-0.2, 0) is 4.79 Å². The van der Waals surface area contributed by atoms with Crippen molar-refractivity contribution in [1.29, 1.82) is 0 Å². The molecule has 0 unspecified atom stereocenters. The number of hydrogen-bond donors (Lipinski definition) is 1. The fourth-order valence-electron chi connectivity index (χ4n) is 2.44. The first-order valence-electron chi connectivity index (χ1n) is 7.34. The van der Waals surface area contributed by atoms with Gasteiger partial charge in [0.1, 0.15) is 0 Å². The smallest absolute Gasteiger partial charge is 0.280 e. The van der Waals surface area contributed by atoms with Crippen LogP contribution in [0.2, 0.25) is 5.02 Å². The van der Waals surface area contributed by atoms with Crippen molar-refractivity contribution in [2.75, 3.05) is 12.1 Å². The van der Waals surface area contributed by atoms with Gasteiger partial charge in [-0.1, -0.05) is 11.6 Å². The Morgan fingerprint density at radius 3 is 2.60 bits per heavy atom. The van der Waals surface area contributed by atoms with Crippen molar-refractivity contribution >= 4 is 57.6 Å². The highest BCUT2D eigenvalue weighted by Crippen LogP contribution is 2.36. The van der Waals surface area contributed by atoms with Gasteiger partial charge in [-0.05, 0) is 77.6 Å². The van der Waals surface area contributed by atoms with E-state index in [1.54, 1.807) is 25.1 Å². The first kappa shape index (κ1) is 17.8. The molecule has 0 saturated heterocycles. The van der Waals surface area contributed by atoms with Gasteiger partial charge in [0.25, 0.3) is 5.91 Å². The van der Waals surface area contributed by atoms with E-state index in [1.807, 2.05) is 24.3 Å². The summed E-state index contributed by atoms with van der Waals surface area (Å²) in [6.45, 7) is 1.77. The van der Waals surface area contributed by atoms with Crippen LogP contribution in [0, 0.1) is 3.57 Å². The Labute approximate surface area is 163 Å². The second-order valence-electron chi connectivity index (χ2n) is 5.39. The molecule has 1 N–H and O–H groups in total. The minimum Gasteiger partial charge on any atom is -0.503 e. The summed E-state index contributed by atoms with van der Waals surface area (Å²) in [4.78, 5) is 12.7. The molecule has 0 spiro atoms. The monoisotopic (exact) mass is 468 g/mol. The predicted molar refractivity (Wildman–Crippen MR) is 107 cm³/mol. The summed E-state index contributed by atoms with van der Waals surface area (Å²) in [7, 11) is 1.44. The number of anilines is 1. The Balaban J connectivity index is 1.97. The van der Waals surface area contributed by atoms with Crippen molar-refractivity contribution in [3.05, 3.63) is 56.1 Å². The van der Waals surface area contributed by atoms with Crippen LogP contribution in [0.4, 0.5) is 5.69 Å². The highest BCUT2D eigenvalue weighted by atomic mass is 127. The lowest BCUT2D eigenvalue weighted by molar-refractivity contribution is -0.114. The van der Waals surface area contributed by atoms with Gasteiger partial charge < -0.3 is 9.84 Å². The van der Waals surface area contributed by atoms with Crippen molar-refractivity contribution in [2.24, 2.45) is 5.10 Å². The third-order valence-corrected chi connectivity index (χ3v) is 4.72. The molecular formula is C18H14ClIN2O3. The molecule has 0 aromatic heterocycles. The second kappa shape index (κ2) is 7.05. The zero-order chi connectivity index (χ0) is 18.1. The molecule has 0 saturated carbocycles. The molecule has 0 aliphatic carbocycles. The second-order valence-corrected chi connectivity index (χ2v) is 7.04. The number of methoxy groups -OCH3 is 1. The number of amides is 1. The highest BCUT2D eigenvalue weighted by molar-refractivity contribution is 14.1. The van der Waals surface area contributed by atoms with Crippen molar-refractivity contribution in [3.63, 3.8) is 0 Å². The third-order valence-electron chi connectivity index (χ3n) is 3.72. The molecular weight excluding hydrogens is 455 g/mol. The summed E-state index contributed by atoms with van der Waals surface area (Å²) in [5, 5.41) is 15.7. The number of carbonyl (C=O) groups is 1. The molecule has 0 atom stereocenters. The molecule has 0 radical (unpaired) electrons. The van der Waals surface area contributed by atoms with E-state index in [1.165, 1.54) is 12.1 Å². The van der Waals surface area contributed by atoms with Gasteiger partial charge in [0, 0.05) is 3.57 Å². The summed E-state index contributed by atoms with van der Waals surface area (Å²) in [6.07, 6.45) is 1.68. The Hall–Kier alpha value is -2.06. The zero-order valence-electron chi connectivity index (χ0n) is 13.5. The number of rotatable bonds is 3. The van der Waals surface area contributed by atoms with Gasteiger partial charge in [0.2, 0.25) is 0 Å². The Morgan fingerprint density at radius 2 is 1.96 bits per heavy atom. The predicted octanol–water partition coefficient (Wildman–Crippen LogP) is 4.46. The number of ether oxygens (including phenoxy) is 1. The standard InChI is InChI=1S/C18H14ClIN2O3/c1-10-14(7-11-8-15(19)17(23)16(9-11)25-2)18(24)22(21-10)13-5-3-12(20)4-6-13/h3-9,23H,1-2H3. The van der Waals surface area contributed by atoms with Crippen molar-refractivity contribution in [1.82, 2.24) is 0 Å². The summed E-state index contributed by atoms with van der Waals surface area (Å²) in [5.74, 6) is -0.106. The largest absolute Gasteiger partial charge is 0.503 e. The lowest BCUT2D eigenvalue weighted by Gasteiger charge is -2.11. The Kier molecular flexibility index (Phi) is 5.01. The summed E-state index contributed by atoms with van der Waals surface area (Å²) in [5.41, 5.74) is 2.41. The van der Waals surface area contributed by atoms with E-state index in [0.717, 1.165) is 3.57 Å². The normalized spacial score (nSPS) is 15.7. The van der Waals surface area contributed by atoms with Crippen molar-refractivity contribution in [2.45, 2.75) is 6.92 Å². The molecule has 0 fully saturated rings. The number of hydrazone groups is 1. The van der Waals surface area contributed by atoms with Gasteiger partial charge >= 0.3 is 0 Å². The molecule has 0 bridgehead atoms. The average Bonchev–Trinajstić information content (AvgIpc) is 2.86. The molecule has 1 amide bonds. The van der Waals surface area contributed by atoms with Crippen LogP contribution in [0.3, 0.4) is 0 Å². The topological polar surface area (TPSA) is 62.1 Å². The summed E-state index contributed by atoms with van der Waals surface area (Å²) in [6, 6.07) is 10.7. The first-order chi connectivity index (χ1) is 11.9. The maximum absolute atomic E-state index is 12.7. The van der Waals surface area contributed by atoms with E-state index in [-0.39, 0.29) is 22.4 Å². The third kappa shape index (κ3) is 3.50. The van der Waals surface area contributed by atoms with E-state index in [0.29, 0.717) is 22.5 Å². The minimum absolute atomic E-state index is 0.130. The number of aromatic hydroxyl groups is 1. The minimum atomic E-state index is -0.220. The number of carbonyl (C=O) groups excluding carboxylic acids is 1. The fourth-order valence-corrected chi connectivity index (χ4v) is 3.02. The van der Waals surface area contributed by atoms with Crippen LogP contribution < -0.4 is 9.75 Å². The lowest BCUT2D eigenvalue weighted by atomic mass is 10.1. The van der Waals surface area contributed by atoms with Gasteiger partial charge in [-0.15, -0.1) is 0 Å². The van der Waals surface area contributed by atoms with E-state index in [9.17, 15) is 9.90 Å². The molecule has 1 heterocycles. The highest BCUT2D eigenvalue weighted by Gasteiger charge is 2.28. The Morgan fingerprint density at radius 1 is 1.28 bits per heavy atom. The van der Waals surface area contributed by atoms with Gasteiger partial charge in [-0.3, -0.25) is 4.79 Å². The maximum atomic E-state index is 12.7. The SMILES string of the molecule is COc1cc(C=C2C(=O)N(c3ccc(I)cc3)N=C2C)cc(Cl)c1O.